The lowest BCUT2D eigenvalue weighted by molar-refractivity contribution is 0.0257. The summed E-state index contributed by atoms with van der Waals surface area (Å²) in [4.78, 5) is 0. The highest BCUT2D eigenvalue weighted by Crippen LogP contribution is 2.36. The largest absolute Gasteiger partial charge is 0.493 e. The lowest BCUT2D eigenvalue weighted by Gasteiger charge is -2.27. The maximum Gasteiger partial charge on any atom is 0.128 e. The molecule has 3 rings (SSSR count). The third-order valence-corrected chi connectivity index (χ3v) is 4.14. The molecule has 19 heavy (non-hydrogen) atoms. The predicted molar refractivity (Wildman–Crippen MR) is 75.7 cm³/mol. The second kappa shape index (κ2) is 5.51. The van der Waals surface area contributed by atoms with E-state index in [0.717, 1.165) is 38.0 Å². The molecule has 2 aliphatic rings. The molecule has 2 fully saturated rings. The Morgan fingerprint density at radius 1 is 1.32 bits per heavy atom. The van der Waals surface area contributed by atoms with Crippen molar-refractivity contribution in [1.82, 2.24) is 5.32 Å². The van der Waals surface area contributed by atoms with Crippen LogP contribution in [0.1, 0.15) is 35.6 Å². The molecule has 1 N–H and O–H groups in total. The van der Waals surface area contributed by atoms with Crippen molar-refractivity contribution in [1.29, 1.82) is 0 Å². The molecule has 0 bridgehead atoms. The number of hydrogen-bond acceptors (Lipinski definition) is 3. The molecule has 1 aliphatic carbocycles. The minimum Gasteiger partial charge on any atom is -0.493 e. The molecule has 0 spiro atoms. The molecule has 0 aromatic heterocycles. The van der Waals surface area contributed by atoms with E-state index in [1.54, 1.807) is 0 Å². The van der Waals surface area contributed by atoms with Gasteiger partial charge in [0, 0.05) is 18.7 Å². The SMILES string of the molecule is Cc1ccc(C2CNCCO2)c(OCC2CC2)c1C. The topological polar surface area (TPSA) is 30.5 Å². The molecule has 1 saturated heterocycles. The smallest absolute Gasteiger partial charge is 0.128 e. The maximum absolute atomic E-state index is 6.12. The van der Waals surface area contributed by atoms with Crippen molar-refractivity contribution in [3.05, 3.63) is 28.8 Å². The van der Waals surface area contributed by atoms with Crippen LogP contribution in [0.2, 0.25) is 0 Å². The van der Waals surface area contributed by atoms with E-state index in [1.165, 1.54) is 29.5 Å². The van der Waals surface area contributed by atoms with Crippen LogP contribution in [-0.4, -0.2) is 26.3 Å². The summed E-state index contributed by atoms with van der Waals surface area (Å²) < 4.78 is 12.0. The third kappa shape index (κ3) is 2.93. The third-order valence-electron chi connectivity index (χ3n) is 4.14. The van der Waals surface area contributed by atoms with Crippen molar-refractivity contribution < 1.29 is 9.47 Å². The standard InChI is InChI=1S/C16H23NO2/c1-11-3-6-14(15-9-17-7-8-18-15)16(12(11)2)19-10-13-4-5-13/h3,6,13,15,17H,4-5,7-10H2,1-2H3. The fourth-order valence-electron chi connectivity index (χ4n) is 2.51. The highest BCUT2D eigenvalue weighted by Gasteiger charge is 2.25. The van der Waals surface area contributed by atoms with Gasteiger partial charge in [-0.15, -0.1) is 0 Å². The highest BCUT2D eigenvalue weighted by atomic mass is 16.5. The molecule has 1 aliphatic heterocycles. The van der Waals surface area contributed by atoms with Gasteiger partial charge in [-0.2, -0.15) is 0 Å². The lowest BCUT2D eigenvalue weighted by atomic mass is 10.00. The van der Waals surface area contributed by atoms with Crippen LogP contribution in [0.3, 0.4) is 0 Å². The second-order valence-corrected chi connectivity index (χ2v) is 5.74. The Kier molecular flexibility index (Phi) is 3.76. The van der Waals surface area contributed by atoms with Gasteiger partial charge in [-0.05, 0) is 43.7 Å². The van der Waals surface area contributed by atoms with Gasteiger partial charge in [0.2, 0.25) is 0 Å². The van der Waals surface area contributed by atoms with Crippen LogP contribution in [0.4, 0.5) is 0 Å². The predicted octanol–water partition coefficient (Wildman–Crippen LogP) is 2.75. The Morgan fingerprint density at radius 2 is 2.16 bits per heavy atom. The van der Waals surface area contributed by atoms with E-state index in [-0.39, 0.29) is 6.10 Å². The van der Waals surface area contributed by atoms with Crippen LogP contribution in [0.5, 0.6) is 5.75 Å². The van der Waals surface area contributed by atoms with Crippen LogP contribution in [0, 0.1) is 19.8 Å². The zero-order valence-corrected chi connectivity index (χ0v) is 11.9. The van der Waals surface area contributed by atoms with Crippen LogP contribution < -0.4 is 10.1 Å². The van der Waals surface area contributed by atoms with E-state index in [4.69, 9.17) is 9.47 Å². The summed E-state index contributed by atoms with van der Waals surface area (Å²) in [5.74, 6) is 1.83. The summed E-state index contributed by atoms with van der Waals surface area (Å²) >= 11 is 0. The molecular weight excluding hydrogens is 238 g/mol. The summed E-state index contributed by atoms with van der Waals surface area (Å²) in [6.45, 7) is 7.75. The molecule has 1 aromatic rings. The van der Waals surface area contributed by atoms with Gasteiger partial charge in [-0.1, -0.05) is 12.1 Å². The first-order chi connectivity index (χ1) is 9.25. The van der Waals surface area contributed by atoms with E-state index in [1.807, 2.05) is 0 Å². The van der Waals surface area contributed by atoms with E-state index in [9.17, 15) is 0 Å². The normalized spacial score (nSPS) is 23.4. The van der Waals surface area contributed by atoms with E-state index >= 15 is 0 Å². The molecular formula is C16H23NO2. The summed E-state index contributed by atoms with van der Waals surface area (Å²) in [6.07, 6.45) is 2.77. The number of aryl methyl sites for hydroxylation is 1. The number of nitrogens with one attached hydrogen (secondary N) is 1. The monoisotopic (exact) mass is 261 g/mol. The summed E-state index contributed by atoms with van der Waals surface area (Å²) in [5, 5.41) is 3.39. The van der Waals surface area contributed by atoms with Crippen LogP contribution >= 0.6 is 0 Å². The first kappa shape index (κ1) is 12.9. The Labute approximate surface area is 115 Å². The number of morpholine rings is 1. The fourth-order valence-corrected chi connectivity index (χ4v) is 2.51. The minimum absolute atomic E-state index is 0.127. The Balaban J connectivity index is 1.85. The van der Waals surface area contributed by atoms with Gasteiger partial charge in [0.15, 0.2) is 0 Å². The zero-order valence-electron chi connectivity index (χ0n) is 11.9. The van der Waals surface area contributed by atoms with Crippen molar-refractivity contribution in [2.24, 2.45) is 5.92 Å². The Morgan fingerprint density at radius 3 is 2.84 bits per heavy atom. The first-order valence-electron chi connectivity index (χ1n) is 7.31. The van der Waals surface area contributed by atoms with Gasteiger partial charge >= 0.3 is 0 Å². The van der Waals surface area contributed by atoms with Gasteiger partial charge in [0.1, 0.15) is 5.75 Å². The molecule has 0 radical (unpaired) electrons. The molecule has 104 valence electrons. The summed E-state index contributed by atoms with van der Waals surface area (Å²) in [5.41, 5.74) is 3.75. The van der Waals surface area contributed by atoms with Crippen molar-refractivity contribution >= 4 is 0 Å². The number of ether oxygens (including phenoxy) is 2. The quantitative estimate of drug-likeness (QED) is 0.904. The van der Waals surface area contributed by atoms with Crippen molar-refractivity contribution in [3.63, 3.8) is 0 Å². The van der Waals surface area contributed by atoms with Crippen LogP contribution in [0.25, 0.3) is 0 Å². The zero-order chi connectivity index (χ0) is 13.2. The average Bonchev–Trinajstić information content (AvgIpc) is 3.25. The van der Waals surface area contributed by atoms with Gasteiger partial charge in [-0.25, -0.2) is 0 Å². The van der Waals surface area contributed by atoms with Gasteiger partial charge in [-0.3, -0.25) is 0 Å². The van der Waals surface area contributed by atoms with Crippen molar-refractivity contribution in [3.8, 4) is 5.75 Å². The molecule has 1 unspecified atom stereocenters. The molecule has 1 atom stereocenters. The number of hydrogen-bond donors (Lipinski definition) is 1. The fraction of sp³-hybridized carbons (Fsp3) is 0.625. The van der Waals surface area contributed by atoms with Crippen molar-refractivity contribution in [2.45, 2.75) is 32.8 Å². The lowest BCUT2D eigenvalue weighted by Crippen LogP contribution is -2.33. The highest BCUT2D eigenvalue weighted by molar-refractivity contribution is 5.46. The first-order valence-corrected chi connectivity index (χ1v) is 7.31. The molecule has 3 nitrogen and oxygen atoms in total. The number of rotatable bonds is 4. The van der Waals surface area contributed by atoms with Crippen LogP contribution in [0.15, 0.2) is 12.1 Å². The average molecular weight is 261 g/mol. The molecule has 1 heterocycles. The Hall–Kier alpha value is -1.06. The van der Waals surface area contributed by atoms with Crippen LogP contribution in [-0.2, 0) is 4.74 Å². The molecule has 3 heteroatoms. The van der Waals surface area contributed by atoms with E-state index in [2.05, 4.69) is 31.3 Å². The van der Waals surface area contributed by atoms with Gasteiger partial charge in [0.25, 0.3) is 0 Å². The minimum atomic E-state index is 0.127. The van der Waals surface area contributed by atoms with E-state index < -0.39 is 0 Å². The second-order valence-electron chi connectivity index (χ2n) is 5.74. The number of benzene rings is 1. The van der Waals surface area contributed by atoms with Gasteiger partial charge < -0.3 is 14.8 Å². The maximum atomic E-state index is 6.12. The Bertz CT molecular complexity index is 448. The van der Waals surface area contributed by atoms with E-state index in [0.29, 0.717) is 0 Å². The summed E-state index contributed by atoms with van der Waals surface area (Å²) in [7, 11) is 0. The molecule has 1 saturated carbocycles. The van der Waals surface area contributed by atoms with Gasteiger partial charge in [0.05, 0.1) is 19.3 Å². The summed E-state index contributed by atoms with van der Waals surface area (Å²) in [6, 6.07) is 4.34. The molecule has 1 aromatic carbocycles. The van der Waals surface area contributed by atoms with Crippen molar-refractivity contribution in [2.75, 3.05) is 26.3 Å². The molecule has 0 amide bonds.